The molecular weight excluding hydrogens is 334 g/mol. The third-order valence-electron chi connectivity index (χ3n) is 3.69. The number of carboxylic acid groups (broad SMARTS) is 1. The van der Waals surface area contributed by atoms with Gasteiger partial charge in [0.05, 0.1) is 5.54 Å². The molecule has 116 valence electrons. The molecule has 0 saturated heterocycles. The highest BCUT2D eigenvalue weighted by atomic mass is 79.9. The van der Waals surface area contributed by atoms with Gasteiger partial charge in [0.2, 0.25) is 0 Å². The summed E-state index contributed by atoms with van der Waals surface area (Å²) in [6.45, 7) is 12.4. The summed E-state index contributed by atoms with van der Waals surface area (Å²) < 4.78 is 0.666. The Bertz CT molecular complexity index is 543. The van der Waals surface area contributed by atoms with Crippen molar-refractivity contribution in [2.24, 2.45) is 15.8 Å². The predicted octanol–water partition coefficient (Wildman–Crippen LogP) is 3.28. The molecule has 0 aromatic carbocycles. The van der Waals surface area contributed by atoms with Crippen LogP contribution in [-0.4, -0.2) is 21.4 Å². The molecule has 0 saturated carbocycles. The van der Waals surface area contributed by atoms with Crippen LogP contribution in [0.3, 0.4) is 0 Å². The molecule has 0 bridgehead atoms. The third-order valence-corrected chi connectivity index (χ3v) is 4.46. The third kappa shape index (κ3) is 2.93. The van der Waals surface area contributed by atoms with Gasteiger partial charge < -0.3 is 10.4 Å². The highest BCUT2D eigenvalue weighted by Crippen LogP contribution is 2.48. The van der Waals surface area contributed by atoms with Gasteiger partial charge in [-0.3, -0.25) is 5.32 Å². The minimum absolute atomic E-state index is 0.230. The number of carbonyl (C=O) groups is 1. The van der Waals surface area contributed by atoms with Crippen LogP contribution in [0, 0.1) is 23.2 Å². The van der Waals surface area contributed by atoms with E-state index in [2.05, 4.69) is 79.0 Å². The molecule has 1 amide bonds. The Labute approximate surface area is 134 Å². The Morgan fingerprint density at radius 1 is 1.33 bits per heavy atom. The van der Waals surface area contributed by atoms with Gasteiger partial charge in [-0.2, -0.15) is 0 Å². The zero-order chi connectivity index (χ0) is 16.6. The van der Waals surface area contributed by atoms with E-state index in [1.54, 1.807) is 0 Å². The second-order valence-electron chi connectivity index (χ2n) is 7.08. The minimum atomic E-state index is -1.19. The monoisotopic (exact) mass is 355 g/mol. The highest BCUT2D eigenvalue weighted by molar-refractivity contribution is 9.18. The van der Waals surface area contributed by atoms with Crippen LogP contribution in [0.25, 0.3) is 0 Å². The number of amides is 1. The van der Waals surface area contributed by atoms with Gasteiger partial charge in [-0.15, -0.1) is 6.42 Å². The molecule has 1 rings (SSSR count). The van der Waals surface area contributed by atoms with Crippen molar-refractivity contribution in [2.75, 3.05) is 0 Å². The summed E-state index contributed by atoms with van der Waals surface area (Å²) in [4.78, 5) is 15.4. The van der Waals surface area contributed by atoms with E-state index in [4.69, 9.17) is 11.5 Å². The molecule has 1 aliphatic heterocycles. The van der Waals surface area contributed by atoms with E-state index in [0.717, 1.165) is 0 Å². The van der Waals surface area contributed by atoms with Crippen molar-refractivity contribution in [1.82, 2.24) is 10.6 Å². The fourth-order valence-corrected chi connectivity index (χ4v) is 4.42. The molecule has 1 heterocycles. The van der Waals surface area contributed by atoms with Crippen LogP contribution in [0.1, 0.15) is 41.5 Å². The smallest absolute Gasteiger partial charge is 0.410 e. The largest absolute Gasteiger partial charge is 0.465 e. The Morgan fingerprint density at radius 2 is 1.81 bits per heavy atom. The van der Waals surface area contributed by atoms with E-state index < -0.39 is 11.6 Å². The van der Waals surface area contributed by atoms with E-state index >= 15 is 0 Å². The van der Waals surface area contributed by atoms with Crippen molar-refractivity contribution < 1.29 is 9.90 Å². The summed E-state index contributed by atoms with van der Waals surface area (Å²) in [5.74, 6) is 2.64. The maximum absolute atomic E-state index is 11.0. The van der Waals surface area contributed by atoms with Crippen LogP contribution in [0.4, 0.5) is 4.79 Å². The lowest BCUT2D eigenvalue weighted by Gasteiger charge is -2.55. The summed E-state index contributed by atoms with van der Waals surface area (Å²) in [5.41, 5.74) is -0.885. The molecule has 0 atom stereocenters. The zero-order valence-corrected chi connectivity index (χ0v) is 14.8. The lowest BCUT2D eigenvalue weighted by atomic mass is 9.60. The van der Waals surface area contributed by atoms with Crippen molar-refractivity contribution in [3.8, 4) is 12.3 Å². The number of terminal acetylenes is 1. The van der Waals surface area contributed by atoms with Crippen LogP contribution in [0.15, 0.2) is 16.5 Å². The standard InChI is InChI=1S/C15H22BrN3O2/c1-8-9-10(18-12(20)21)19-15(11(16)17-9,13(2,3)4)14(5,6)7/h1,18-19H,2-7H3,(H,20,21). The van der Waals surface area contributed by atoms with Crippen LogP contribution in [0.5, 0.6) is 0 Å². The van der Waals surface area contributed by atoms with E-state index in [9.17, 15) is 4.79 Å². The van der Waals surface area contributed by atoms with Gasteiger partial charge >= 0.3 is 6.09 Å². The highest BCUT2D eigenvalue weighted by Gasteiger charge is 2.55. The predicted molar refractivity (Wildman–Crippen MR) is 88.2 cm³/mol. The molecule has 0 unspecified atom stereocenters. The quantitative estimate of drug-likeness (QED) is 0.632. The summed E-state index contributed by atoms with van der Waals surface area (Å²) in [5, 5.41) is 14.6. The molecule has 0 radical (unpaired) electrons. The fourth-order valence-electron chi connectivity index (χ4n) is 2.96. The van der Waals surface area contributed by atoms with Gasteiger partial charge in [0.15, 0.2) is 5.70 Å². The van der Waals surface area contributed by atoms with Crippen molar-refractivity contribution in [3.63, 3.8) is 0 Å². The summed E-state index contributed by atoms with van der Waals surface area (Å²) in [6, 6.07) is 0. The molecule has 3 N–H and O–H groups in total. The second-order valence-corrected chi connectivity index (χ2v) is 7.83. The zero-order valence-electron chi connectivity index (χ0n) is 13.3. The second kappa shape index (κ2) is 5.38. The van der Waals surface area contributed by atoms with Gasteiger partial charge in [-0.25, -0.2) is 9.79 Å². The van der Waals surface area contributed by atoms with Gasteiger partial charge in [0.25, 0.3) is 0 Å². The Hall–Kier alpha value is -1.48. The molecule has 0 spiro atoms. The first kappa shape index (κ1) is 17.6. The average Bonchev–Trinajstić information content (AvgIpc) is 2.26. The topological polar surface area (TPSA) is 73.7 Å². The molecule has 6 heteroatoms. The van der Waals surface area contributed by atoms with E-state index in [0.29, 0.717) is 4.62 Å². The van der Waals surface area contributed by atoms with E-state index in [1.807, 2.05) is 0 Å². The summed E-state index contributed by atoms with van der Waals surface area (Å²) >= 11 is 3.54. The molecule has 0 aliphatic carbocycles. The Balaban J connectivity index is 3.55. The molecule has 0 aromatic rings. The Kier molecular flexibility index (Phi) is 4.50. The molecule has 0 fully saturated rings. The number of halogens is 1. The van der Waals surface area contributed by atoms with Gasteiger partial charge in [-0.1, -0.05) is 41.5 Å². The maximum Gasteiger partial charge on any atom is 0.410 e. The van der Waals surface area contributed by atoms with Crippen molar-refractivity contribution in [3.05, 3.63) is 11.5 Å². The van der Waals surface area contributed by atoms with Crippen molar-refractivity contribution in [2.45, 2.75) is 47.1 Å². The van der Waals surface area contributed by atoms with Crippen molar-refractivity contribution >= 4 is 26.6 Å². The van der Waals surface area contributed by atoms with Gasteiger partial charge in [-0.05, 0) is 32.7 Å². The number of nitrogens with zero attached hydrogens (tertiary/aromatic N) is 1. The van der Waals surface area contributed by atoms with Crippen molar-refractivity contribution in [1.29, 1.82) is 0 Å². The molecule has 0 aromatic heterocycles. The average molecular weight is 356 g/mol. The first-order chi connectivity index (χ1) is 9.36. The number of aliphatic imine (C=N–C) groups is 1. The molecule has 5 nitrogen and oxygen atoms in total. The number of nitrogens with one attached hydrogen (secondary N) is 2. The number of hydrogen-bond donors (Lipinski definition) is 3. The molecule has 1 aliphatic rings. The fraction of sp³-hybridized carbons (Fsp3) is 0.600. The molecular formula is C15H22BrN3O2. The SMILES string of the molecule is C#CC1=C(NC(=O)O)NC(C(C)(C)C)(C(C)(C)C)C(Br)=N1. The van der Waals surface area contributed by atoms with E-state index in [-0.39, 0.29) is 22.3 Å². The van der Waals surface area contributed by atoms with Gasteiger partial charge in [0, 0.05) is 0 Å². The number of hydrogen-bond acceptors (Lipinski definition) is 3. The van der Waals surface area contributed by atoms with Crippen LogP contribution in [-0.2, 0) is 0 Å². The normalized spacial score (nSPS) is 18.5. The van der Waals surface area contributed by atoms with Crippen LogP contribution < -0.4 is 10.6 Å². The van der Waals surface area contributed by atoms with Gasteiger partial charge in [0.1, 0.15) is 10.4 Å². The van der Waals surface area contributed by atoms with Crippen LogP contribution >= 0.6 is 15.9 Å². The number of allylic oxidation sites excluding steroid dienone is 1. The minimum Gasteiger partial charge on any atom is -0.465 e. The lowest BCUT2D eigenvalue weighted by molar-refractivity contribution is 0.0929. The van der Waals surface area contributed by atoms with Crippen LogP contribution in [0.2, 0.25) is 0 Å². The molecule has 21 heavy (non-hydrogen) atoms. The van der Waals surface area contributed by atoms with E-state index in [1.165, 1.54) is 0 Å². The first-order valence-corrected chi connectivity index (χ1v) is 7.40. The Morgan fingerprint density at radius 3 is 2.14 bits per heavy atom. The number of rotatable bonds is 1. The maximum atomic E-state index is 11.0. The lowest BCUT2D eigenvalue weighted by Crippen LogP contribution is -2.68. The summed E-state index contributed by atoms with van der Waals surface area (Å²) in [7, 11) is 0. The first-order valence-electron chi connectivity index (χ1n) is 6.60. The summed E-state index contributed by atoms with van der Waals surface area (Å²) in [6.07, 6.45) is 4.24.